The van der Waals surface area contributed by atoms with Crippen LogP contribution in [-0.2, 0) is 4.79 Å². The molecular formula is C13H18N2O3. The zero-order chi connectivity index (χ0) is 13.5. The monoisotopic (exact) mass is 250 g/mol. The van der Waals surface area contributed by atoms with Crippen molar-refractivity contribution in [2.45, 2.75) is 6.92 Å². The van der Waals surface area contributed by atoms with Crippen LogP contribution in [0.3, 0.4) is 0 Å². The maximum absolute atomic E-state index is 11.7. The first-order chi connectivity index (χ1) is 8.58. The van der Waals surface area contributed by atoms with E-state index in [1.165, 1.54) is 23.1 Å². The minimum Gasteiger partial charge on any atom is -0.507 e. The number of nitrogens with two attached hydrogens (primary N) is 1. The molecule has 0 radical (unpaired) electrons. The number of anilines is 1. The zero-order valence-electron chi connectivity index (χ0n) is 10.3. The lowest BCUT2D eigenvalue weighted by molar-refractivity contribution is -0.126. The van der Waals surface area contributed by atoms with E-state index in [1.54, 1.807) is 12.1 Å². The number of hydrogen-bond acceptors (Lipinski definition) is 4. The molecule has 1 amide bonds. The second-order valence-electron chi connectivity index (χ2n) is 3.79. The molecule has 0 spiro atoms. The Bertz CT molecular complexity index is 444. The van der Waals surface area contributed by atoms with E-state index >= 15 is 0 Å². The van der Waals surface area contributed by atoms with Gasteiger partial charge in [-0.3, -0.25) is 4.79 Å². The Balaban J connectivity index is 2.79. The number of phenols is 1. The fourth-order valence-electron chi connectivity index (χ4n) is 1.52. The summed E-state index contributed by atoms with van der Waals surface area (Å²) in [6.45, 7) is 2.57. The number of likely N-dealkylation sites (N-methyl/N-ethyl adjacent to an activating group) is 1. The van der Waals surface area contributed by atoms with Crippen molar-refractivity contribution in [2.75, 3.05) is 25.4 Å². The first kappa shape index (κ1) is 14.1. The largest absolute Gasteiger partial charge is 0.507 e. The van der Waals surface area contributed by atoms with Crippen molar-refractivity contribution >= 4 is 17.7 Å². The highest BCUT2D eigenvalue weighted by Crippen LogP contribution is 2.21. The fraction of sp³-hybridized carbons (Fsp3) is 0.308. The van der Waals surface area contributed by atoms with Gasteiger partial charge in [-0.1, -0.05) is 0 Å². The molecule has 0 heterocycles. The van der Waals surface area contributed by atoms with Gasteiger partial charge in [-0.05, 0) is 31.2 Å². The van der Waals surface area contributed by atoms with Gasteiger partial charge in [0.2, 0.25) is 5.91 Å². The van der Waals surface area contributed by atoms with Crippen LogP contribution in [0.4, 0.5) is 5.69 Å². The predicted octanol–water partition coefficient (Wildman–Crippen LogP) is 0.828. The van der Waals surface area contributed by atoms with Crippen molar-refractivity contribution in [3.05, 3.63) is 29.8 Å². The molecular weight excluding hydrogens is 232 g/mol. The van der Waals surface area contributed by atoms with Crippen molar-refractivity contribution in [3.8, 4) is 5.75 Å². The van der Waals surface area contributed by atoms with Crippen LogP contribution >= 0.6 is 0 Å². The number of rotatable bonds is 5. The van der Waals surface area contributed by atoms with E-state index in [0.717, 1.165) is 0 Å². The van der Waals surface area contributed by atoms with Gasteiger partial charge in [0.1, 0.15) is 5.75 Å². The van der Waals surface area contributed by atoms with Gasteiger partial charge in [0.15, 0.2) is 0 Å². The van der Waals surface area contributed by atoms with Crippen LogP contribution in [0.25, 0.3) is 6.08 Å². The lowest BCUT2D eigenvalue weighted by Crippen LogP contribution is -2.31. The smallest absolute Gasteiger partial charge is 0.246 e. The first-order valence-electron chi connectivity index (χ1n) is 5.74. The highest BCUT2D eigenvalue weighted by atomic mass is 16.3. The summed E-state index contributed by atoms with van der Waals surface area (Å²) in [5.41, 5.74) is 6.60. The van der Waals surface area contributed by atoms with Crippen LogP contribution in [0.2, 0.25) is 0 Å². The molecule has 0 fully saturated rings. The Labute approximate surface area is 106 Å². The Hall–Kier alpha value is -2.01. The summed E-state index contributed by atoms with van der Waals surface area (Å²) in [6, 6.07) is 4.64. The number of aromatic hydroxyl groups is 1. The van der Waals surface area contributed by atoms with E-state index in [1.807, 2.05) is 6.92 Å². The molecule has 4 N–H and O–H groups in total. The van der Waals surface area contributed by atoms with Crippen LogP contribution in [-0.4, -0.2) is 40.7 Å². The topological polar surface area (TPSA) is 86.8 Å². The van der Waals surface area contributed by atoms with Gasteiger partial charge in [-0.15, -0.1) is 0 Å². The van der Waals surface area contributed by atoms with Gasteiger partial charge in [0.25, 0.3) is 0 Å². The molecule has 1 aromatic rings. The third-order valence-corrected chi connectivity index (χ3v) is 2.52. The van der Waals surface area contributed by atoms with Crippen molar-refractivity contribution in [2.24, 2.45) is 0 Å². The lowest BCUT2D eigenvalue weighted by Gasteiger charge is -2.17. The van der Waals surface area contributed by atoms with Gasteiger partial charge < -0.3 is 20.8 Å². The summed E-state index contributed by atoms with van der Waals surface area (Å²) in [4.78, 5) is 13.2. The number of amides is 1. The van der Waals surface area contributed by atoms with Crippen LogP contribution in [0, 0.1) is 0 Å². The van der Waals surface area contributed by atoms with Crippen LogP contribution < -0.4 is 5.73 Å². The van der Waals surface area contributed by atoms with Crippen LogP contribution in [0.5, 0.6) is 5.75 Å². The SMILES string of the molecule is CCN(CCO)C(=O)C=Cc1cc(N)ccc1O. The van der Waals surface area contributed by atoms with E-state index in [2.05, 4.69) is 0 Å². The maximum Gasteiger partial charge on any atom is 0.246 e. The van der Waals surface area contributed by atoms with E-state index in [9.17, 15) is 9.90 Å². The number of carbonyl (C=O) groups excluding carboxylic acids is 1. The number of aliphatic hydroxyl groups excluding tert-OH is 1. The molecule has 0 bridgehead atoms. The molecule has 0 aromatic heterocycles. The van der Waals surface area contributed by atoms with Gasteiger partial charge >= 0.3 is 0 Å². The Morgan fingerprint density at radius 1 is 1.50 bits per heavy atom. The summed E-state index contributed by atoms with van der Waals surface area (Å²) in [5.74, 6) is -0.146. The molecule has 0 saturated heterocycles. The maximum atomic E-state index is 11.7. The molecule has 0 atom stereocenters. The molecule has 1 rings (SSSR count). The zero-order valence-corrected chi connectivity index (χ0v) is 10.3. The standard InChI is InChI=1S/C13H18N2O3/c1-2-15(7-8-16)13(18)6-3-10-9-11(14)4-5-12(10)17/h3-6,9,16-17H,2,7-8,14H2,1H3. The first-order valence-corrected chi connectivity index (χ1v) is 5.74. The number of nitrogen functional groups attached to an aromatic ring is 1. The Kier molecular flexibility index (Phi) is 5.20. The minimum atomic E-state index is -0.214. The molecule has 0 aliphatic heterocycles. The van der Waals surface area contributed by atoms with Crippen molar-refractivity contribution in [1.82, 2.24) is 4.90 Å². The van der Waals surface area contributed by atoms with Crippen LogP contribution in [0.15, 0.2) is 24.3 Å². The van der Waals surface area contributed by atoms with Crippen molar-refractivity contribution < 1.29 is 15.0 Å². The fourth-order valence-corrected chi connectivity index (χ4v) is 1.52. The van der Waals surface area contributed by atoms with E-state index in [4.69, 9.17) is 10.8 Å². The van der Waals surface area contributed by atoms with Crippen molar-refractivity contribution in [1.29, 1.82) is 0 Å². The molecule has 5 nitrogen and oxygen atoms in total. The number of benzene rings is 1. The minimum absolute atomic E-state index is 0.0680. The molecule has 0 saturated carbocycles. The number of hydrogen-bond donors (Lipinski definition) is 3. The molecule has 18 heavy (non-hydrogen) atoms. The van der Waals surface area contributed by atoms with E-state index in [-0.39, 0.29) is 18.3 Å². The molecule has 0 aliphatic carbocycles. The second-order valence-corrected chi connectivity index (χ2v) is 3.79. The summed E-state index contributed by atoms with van der Waals surface area (Å²) in [7, 11) is 0. The number of phenolic OH excluding ortho intramolecular Hbond substituents is 1. The summed E-state index contributed by atoms with van der Waals surface area (Å²) < 4.78 is 0. The van der Waals surface area contributed by atoms with Crippen LogP contribution in [0.1, 0.15) is 12.5 Å². The van der Waals surface area contributed by atoms with Gasteiger partial charge in [-0.25, -0.2) is 0 Å². The number of aliphatic hydroxyl groups is 1. The molecule has 1 aromatic carbocycles. The number of carbonyl (C=O) groups is 1. The van der Waals surface area contributed by atoms with E-state index in [0.29, 0.717) is 24.3 Å². The van der Waals surface area contributed by atoms with E-state index < -0.39 is 0 Å². The summed E-state index contributed by atoms with van der Waals surface area (Å²) >= 11 is 0. The Morgan fingerprint density at radius 2 is 2.22 bits per heavy atom. The summed E-state index contributed by atoms with van der Waals surface area (Å²) in [5, 5.41) is 18.4. The van der Waals surface area contributed by atoms with Crippen molar-refractivity contribution in [3.63, 3.8) is 0 Å². The highest BCUT2D eigenvalue weighted by molar-refractivity contribution is 5.92. The quantitative estimate of drug-likeness (QED) is 0.410. The van der Waals surface area contributed by atoms with Gasteiger partial charge in [-0.2, -0.15) is 0 Å². The average Bonchev–Trinajstić information content (AvgIpc) is 2.36. The lowest BCUT2D eigenvalue weighted by atomic mass is 10.1. The Morgan fingerprint density at radius 3 is 2.83 bits per heavy atom. The third kappa shape index (κ3) is 3.78. The second kappa shape index (κ2) is 6.66. The molecule has 98 valence electrons. The predicted molar refractivity (Wildman–Crippen MR) is 70.9 cm³/mol. The molecule has 0 unspecified atom stereocenters. The third-order valence-electron chi connectivity index (χ3n) is 2.52. The average molecular weight is 250 g/mol. The molecule has 0 aliphatic rings. The normalized spacial score (nSPS) is 10.8. The number of nitrogens with zero attached hydrogens (tertiary/aromatic N) is 1. The van der Waals surface area contributed by atoms with Gasteiger partial charge in [0.05, 0.1) is 6.61 Å². The molecule has 5 heteroatoms. The van der Waals surface area contributed by atoms with Gasteiger partial charge in [0, 0.05) is 30.4 Å². The summed E-state index contributed by atoms with van der Waals surface area (Å²) in [6.07, 6.45) is 2.86. The highest BCUT2D eigenvalue weighted by Gasteiger charge is 2.07.